The molecule has 0 atom stereocenters. The molecule has 0 radical (unpaired) electrons. The highest BCUT2D eigenvalue weighted by molar-refractivity contribution is 7.21. The van der Waals surface area contributed by atoms with E-state index in [2.05, 4.69) is 5.43 Å². The largest absolute Gasteiger partial charge is 0.497 e. The summed E-state index contributed by atoms with van der Waals surface area (Å²) in [5.41, 5.74) is 2.11. The number of fused-ring (bicyclic) bond motifs is 1. The van der Waals surface area contributed by atoms with Gasteiger partial charge in [0.05, 0.1) is 14.2 Å². The number of ether oxygens (including phenoxy) is 2. The zero-order chi connectivity index (χ0) is 12.4. The van der Waals surface area contributed by atoms with E-state index in [0.717, 1.165) is 10.1 Å². The summed E-state index contributed by atoms with van der Waals surface area (Å²) in [5.74, 6) is 6.01. The fourth-order valence-corrected chi connectivity index (χ4v) is 2.65. The molecule has 0 aliphatic carbocycles. The number of nitrogen functional groups attached to an aromatic ring is 1. The van der Waals surface area contributed by atoms with E-state index < -0.39 is 0 Å². The predicted octanol–water partition coefficient (Wildman–Crippen LogP) is 1.52. The molecule has 90 valence electrons. The standard InChI is InChI=1S/C11H12N2O3S/c1-15-6-3-4-8-7(5-6)9(16-2)10(17-8)11(14)13-12/h3-5H,12H2,1-2H3,(H,13,14). The summed E-state index contributed by atoms with van der Waals surface area (Å²) in [6.07, 6.45) is 0. The van der Waals surface area contributed by atoms with Crippen LogP contribution >= 0.6 is 11.3 Å². The molecule has 17 heavy (non-hydrogen) atoms. The maximum Gasteiger partial charge on any atom is 0.279 e. The van der Waals surface area contributed by atoms with E-state index in [1.54, 1.807) is 7.11 Å². The Morgan fingerprint density at radius 3 is 2.71 bits per heavy atom. The highest BCUT2D eigenvalue weighted by Crippen LogP contribution is 2.39. The van der Waals surface area contributed by atoms with Crippen LogP contribution < -0.4 is 20.7 Å². The zero-order valence-corrected chi connectivity index (χ0v) is 10.3. The molecule has 1 aromatic carbocycles. The maximum absolute atomic E-state index is 11.6. The first-order valence-electron chi connectivity index (χ1n) is 4.86. The summed E-state index contributed by atoms with van der Waals surface area (Å²) in [7, 11) is 3.11. The van der Waals surface area contributed by atoms with Gasteiger partial charge in [-0.2, -0.15) is 0 Å². The molecule has 6 heteroatoms. The van der Waals surface area contributed by atoms with Gasteiger partial charge in [-0.25, -0.2) is 5.84 Å². The highest BCUT2D eigenvalue weighted by atomic mass is 32.1. The normalized spacial score (nSPS) is 10.3. The number of hydrogen-bond acceptors (Lipinski definition) is 5. The quantitative estimate of drug-likeness (QED) is 0.493. The molecular formula is C11H12N2O3S. The molecule has 0 bridgehead atoms. The van der Waals surface area contributed by atoms with E-state index in [1.807, 2.05) is 18.2 Å². The average Bonchev–Trinajstić information content (AvgIpc) is 2.74. The van der Waals surface area contributed by atoms with Crippen LogP contribution in [0.2, 0.25) is 0 Å². The zero-order valence-electron chi connectivity index (χ0n) is 9.44. The van der Waals surface area contributed by atoms with Crippen molar-refractivity contribution in [2.24, 2.45) is 5.84 Å². The van der Waals surface area contributed by atoms with Gasteiger partial charge in [0.15, 0.2) is 5.75 Å². The first-order chi connectivity index (χ1) is 8.21. The maximum atomic E-state index is 11.6. The van der Waals surface area contributed by atoms with Crippen molar-refractivity contribution in [3.05, 3.63) is 23.1 Å². The molecule has 2 rings (SSSR count). The van der Waals surface area contributed by atoms with Gasteiger partial charge in [-0.15, -0.1) is 11.3 Å². The van der Waals surface area contributed by atoms with Gasteiger partial charge in [0.2, 0.25) is 0 Å². The van der Waals surface area contributed by atoms with Gasteiger partial charge in [-0.05, 0) is 18.2 Å². The van der Waals surface area contributed by atoms with Crippen LogP contribution in [0.4, 0.5) is 0 Å². The van der Waals surface area contributed by atoms with Gasteiger partial charge in [-0.1, -0.05) is 0 Å². The van der Waals surface area contributed by atoms with Crippen molar-refractivity contribution in [2.75, 3.05) is 14.2 Å². The van der Waals surface area contributed by atoms with E-state index in [1.165, 1.54) is 18.4 Å². The lowest BCUT2D eigenvalue weighted by Gasteiger charge is -2.02. The van der Waals surface area contributed by atoms with E-state index in [-0.39, 0.29) is 5.91 Å². The monoisotopic (exact) mass is 252 g/mol. The minimum absolute atomic E-state index is 0.359. The molecule has 0 saturated heterocycles. The van der Waals surface area contributed by atoms with Gasteiger partial charge < -0.3 is 9.47 Å². The summed E-state index contributed by atoms with van der Waals surface area (Å²) < 4.78 is 11.3. The van der Waals surface area contributed by atoms with Gasteiger partial charge in [0.1, 0.15) is 10.6 Å². The Hall–Kier alpha value is -1.79. The van der Waals surface area contributed by atoms with Crippen molar-refractivity contribution in [2.45, 2.75) is 0 Å². The molecule has 5 nitrogen and oxygen atoms in total. The third-order valence-electron chi connectivity index (χ3n) is 2.39. The second-order valence-corrected chi connectivity index (χ2v) is 4.35. The van der Waals surface area contributed by atoms with E-state index >= 15 is 0 Å². The number of hydrogen-bond donors (Lipinski definition) is 2. The Kier molecular flexibility index (Phi) is 3.16. The van der Waals surface area contributed by atoms with Gasteiger partial charge in [-0.3, -0.25) is 10.2 Å². The van der Waals surface area contributed by atoms with Crippen molar-refractivity contribution < 1.29 is 14.3 Å². The second kappa shape index (κ2) is 4.60. The first-order valence-corrected chi connectivity index (χ1v) is 5.68. The Morgan fingerprint density at radius 2 is 2.12 bits per heavy atom. The van der Waals surface area contributed by atoms with E-state index in [9.17, 15) is 4.79 Å². The minimum Gasteiger partial charge on any atom is -0.497 e. The van der Waals surface area contributed by atoms with Crippen molar-refractivity contribution in [1.29, 1.82) is 0 Å². The molecule has 0 fully saturated rings. The van der Waals surface area contributed by atoms with E-state index in [4.69, 9.17) is 15.3 Å². The number of amides is 1. The third kappa shape index (κ3) is 1.92. The van der Waals surface area contributed by atoms with Crippen molar-refractivity contribution in [3.8, 4) is 11.5 Å². The Balaban J connectivity index is 2.67. The topological polar surface area (TPSA) is 73.6 Å². The number of hydrazine groups is 1. The molecule has 0 saturated carbocycles. The molecule has 1 aromatic heterocycles. The number of rotatable bonds is 3. The Morgan fingerprint density at radius 1 is 1.35 bits per heavy atom. The number of nitrogens with one attached hydrogen (secondary N) is 1. The number of carbonyl (C=O) groups is 1. The van der Waals surface area contributed by atoms with Gasteiger partial charge in [0.25, 0.3) is 5.91 Å². The van der Waals surface area contributed by atoms with Crippen molar-refractivity contribution in [1.82, 2.24) is 5.43 Å². The molecule has 1 heterocycles. The average molecular weight is 252 g/mol. The molecule has 0 aliphatic heterocycles. The lowest BCUT2D eigenvalue weighted by Crippen LogP contribution is -2.29. The molecular weight excluding hydrogens is 240 g/mol. The summed E-state index contributed by atoms with van der Waals surface area (Å²) in [4.78, 5) is 12.0. The number of carbonyl (C=O) groups excluding carboxylic acids is 1. The molecule has 1 amide bonds. The highest BCUT2D eigenvalue weighted by Gasteiger charge is 2.18. The number of nitrogens with two attached hydrogens (primary N) is 1. The van der Waals surface area contributed by atoms with Crippen LogP contribution in [-0.4, -0.2) is 20.1 Å². The SMILES string of the molecule is COc1ccc2sc(C(=O)NN)c(OC)c2c1. The van der Waals surface area contributed by atoms with Gasteiger partial charge in [0, 0.05) is 10.1 Å². The number of benzene rings is 1. The smallest absolute Gasteiger partial charge is 0.279 e. The lowest BCUT2D eigenvalue weighted by molar-refractivity contribution is 0.0955. The Labute approximate surface area is 102 Å². The lowest BCUT2D eigenvalue weighted by atomic mass is 10.2. The molecule has 3 N–H and O–H groups in total. The summed E-state index contributed by atoms with van der Waals surface area (Å²) in [5, 5.41) is 0.843. The fourth-order valence-electron chi connectivity index (χ4n) is 1.60. The van der Waals surface area contributed by atoms with Crippen LogP contribution in [0.15, 0.2) is 18.2 Å². The van der Waals surface area contributed by atoms with Crippen LogP contribution in [0.3, 0.4) is 0 Å². The van der Waals surface area contributed by atoms with Crippen molar-refractivity contribution in [3.63, 3.8) is 0 Å². The first kappa shape index (κ1) is 11.7. The minimum atomic E-state index is -0.359. The summed E-state index contributed by atoms with van der Waals surface area (Å²) in [6, 6.07) is 5.55. The van der Waals surface area contributed by atoms with Crippen LogP contribution in [0.5, 0.6) is 11.5 Å². The van der Waals surface area contributed by atoms with E-state index in [0.29, 0.717) is 16.4 Å². The van der Waals surface area contributed by atoms with Crippen LogP contribution in [-0.2, 0) is 0 Å². The number of methoxy groups -OCH3 is 2. The van der Waals surface area contributed by atoms with Crippen LogP contribution in [0, 0.1) is 0 Å². The molecule has 0 spiro atoms. The van der Waals surface area contributed by atoms with Crippen molar-refractivity contribution >= 4 is 27.3 Å². The molecule has 0 unspecified atom stereocenters. The second-order valence-electron chi connectivity index (χ2n) is 3.30. The predicted molar refractivity (Wildman–Crippen MR) is 66.6 cm³/mol. The summed E-state index contributed by atoms with van der Waals surface area (Å²) >= 11 is 1.33. The molecule has 0 aliphatic rings. The Bertz CT molecular complexity index is 565. The van der Waals surface area contributed by atoms with Crippen LogP contribution in [0.1, 0.15) is 9.67 Å². The number of thiophene rings is 1. The fraction of sp³-hybridized carbons (Fsp3) is 0.182. The summed E-state index contributed by atoms with van der Waals surface area (Å²) in [6.45, 7) is 0. The third-order valence-corrected chi connectivity index (χ3v) is 3.54. The van der Waals surface area contributed by atoms with Crippen LogP contribution in [0.25, 0.3) is 10.1 Å². The van der Waals surface area contributed by atoms with Gasteiger partial charge >= 0.3 is 0 Å². The molecule has 2 aromatic rings.